The van der Waals surface area contributed by atoms with E-state index in [2.05, 4.69) is 10.6 Å². The number of aromatic hydroxyl groups is 1. The molecule has 0 unspecified atom stereocenters. The van der Waals surface area contributed by atoms with Crippen LogP contribution in [0.1, 0.15) is 12.0 Å². The number of nitro benzene ring substituents is 1. The minimum atomic E-state index is -0.627. The van der Waals surface area contributed by atoms with Gasteiger partial charge < -0.3 is 15.7 Å². The first-order valence-electron chi connectivity index (χ1n) is 7.18. The van der Waals surface area contributed by atoms with Crippen LogP contribution in [0.2, 0.25) is 5.02 Å². The van der Waals surface area contributed by atoms with Crippen LogP contribution in [-0.4, -0.2) is 21.0 Å². The van der Waals surface area contributed by atoms with Gasteiger partial charge in [-0.05, 0) is 36.3 Å². The van der Waals surface area contributed by atoms with E-state index in [1.165, 1.54) is 12.1 Å². The number of benzene rings is 2. The van der Waals surface area contributed by atoms with E-state index in [9.17, 15) is 20.0 Å². The van der Waals surface area contributed by atoms with Gasteiger partial charge in [0.15, 0.2) is 5.11 Å². The predicted molar refractivity (Wildman–Crippen MR) is 98.9 cm³/mol. The van der Waals surface area contributed by atoms with Crippen molar-refractivity contribution in [2.24, 2.45) is 0 Å². The molecule has 1 amide bonds. The van der Waals surface area contributed by atoms with Crippen molar-refractivity contribution < 1.29 is 14.8 Å². The van der Waals surface area contributed by atoms with Crippen LogP contribution in [0.4, 0.5) is 11.4 Å². The van der Waals surface area contributed by atoms with Crippen LogP contribution in [0.5, 0.6) is 5.75 Å². The number of carbonyl (C=O) groups excluding carboxylic acids is 1. The van der Waals surface area contributed by atoms with E-state index < -0.39 is 4.92 Å². The summed E-state index contributed by atoms with van der Waals surface area (Å²) in [7, 11) is 0. The minimum absolute atomic E-state index is 0.0201. The fourth-order valence-electron chi connectivity index (χ4n) is 2.03. The third-order valence-corrected chi connectivity index (χ3v) is 3.85. The summed E-state index contributed by atoms with van der Waals surface area (Å²) in [6.07, 6.45) is 0.634. The first-order chi connectivity index (χ1) is 11.9. The average molecular weight is 380 g/mol. The maximum atomic E-state index is 11.9. The predicted octanol–water partition coefficient (Wildman–Crippen LogP) is 3.40. The van der Waals surface area contributed by atoms with Gasteiger partial charge in [0, 0.05) is 17.5 Å². The summed E-state index contributed by atoms with van der Waals surface area (Å²) in [6.45, 7) is 0. The molecule has 0 bridgehead atoms. The number of thiocarbonyl (C=S) groups is 1. The molecule has 0 aliphatic carbocycles. The summed E-state index contributed by atoms with van der Waals surface area (Å²) in [5.74, 6) is -0.666. The molecule has 0 spiro atoms. The number of nitrogens with one attached hydrogen (secondary N) is 2. The second-order valence-electron chi connectivity index (χ2n) is 5.05. The third-order valence-electron chi connectivity index (χ3n) is 3.27. The van der Waals surface area contributed by atoms with Crippen LogP contribution >= 0.6 is 23.8 Å². The molecule has 9 heteroatoms. The van der Waals surface area contributed by atoms with Crippen molar-refractivity contribution in [3.8, 4) is 5.75 Å². The van der Waals surface area contributed by atoms with Crippen molar-refractivity contribution in [2.75, 3.05) is 5.32 Å². The molecule has 0 saturated carbocycles. The summed E-state index contributed by atoms with van der Waals surface area (Å²) < 4.78 is 0. The van der Waals surface area contributed by atoms with Gasteiger partial charge in [0.25, 0.3) is 5.69 Å². The Balaban J connectivity index is 1.88. The van der Waals surface area contributed by atoms with Crippen molar-refractivity contribution >= 4 is 46.2 Å². The van der Waals surface area contributed by atoms with Gasteiger partial charge in [-0.15, -0.1) is 0 Å². The van der Waals surface area contributed by atoms with E-state index in [1.54, 1.807) is 6.07 Å². The number of nitrogens with zero attached hydrogens (tertiary/aromatic N) is 1. The number of anilines is 1. The lowest BCUT2D eigenvalue weighted by atomic mass is 10.1. The molecule has 2 rings (SSSR count). The second-order valence-corrected chi connectivity index (χ2v) is 5.87. The zero-order valence-electron chi connectivity index (χ0n) is 12.9. The highest BCUT2D eigenvalue weighted by molar-refractivity contribution is 7.80. The summed E-state index contributed by atoms with van der Waals surface area (Å²) >= 11 is 11.0. The van der Waals surface area contributed by atoms with Gasteiger partial charge in [0.2, 0.25) is 5.91 Å². The summed E-state index contributed by atoms with van der Waals surface area (Å²) in [5.41, 5.74) is 0.756. The molecule has 0 heterocycles. The Morgan fingerprint density at radius 2 is 2.00 bits per heavy atom. The normalized spacial score (nSPS) is 10.1. The van der Waals surface area contributed by atoms with Crippen molar-refractivity contribution in [2.45, 2.75) is 12.8 Å². The maximum absolute atomic E-state index is 11.9. The van der Waals surface area contributed by atoms with E-state index in [1.807, 2.05) is 18.2 Å². The molecule has 0 atom stereocenters. The number of hydrogen-bond donors (Lipinski definition) is 3. The standard InChI is InChI=1S/C16H14ClN3O4S/c17-12-4-2-1-3-10(12)5-8-15(22)19-16(25)18-13-7-6-11(20(23)24)9-14(13)21/h1-4,6-7,9,21H,5,8H2,(H2,18,19,22,25). The van der Waals surface area contributed by atoms with Crippen LogP contribution in [0.3, 0.4) is 0 Å². The first-order valence-corrected chi connectivity index (χ1v) is 7.97. The lowest BCUT2D eigenvalue weighted by Gasteiger charge is -2.11. The van der Waals surface area contributed by atoms with Crippen molar-refractivity contribution in [1.82, 2.24) is 5.32 Å². The number of carbonyl (C=O) groups is 1. The molecule has 7 nitrogen and oxygen atoms in total. The van der Waals surface area contributed by atoms with Crippen molar-refractivity contribution in [3.63, 3.8) is 0 Å². The number of nitro groups is 1. The molecule has 0 radical (unpaired) electrons. The topological polar surface area (TPSA) is 104 Å². The van der Waals surface area contributed by atoms with Crippen LogP contribution in [0.15, 0.2) is 42.5 Å². The van der Waals surface area contributed by atoms with Crippen LogP contribution < -0.4 is 10.6 Å². The number of hydrogen-bond acceptors (Lipinski definition) is 5. The smallest absolute Gasteiger partial charge is 0.273 e. The first kappa shape index (κ1) is 18.6. The molecular weight excluding hydrogens is 366 g/mol. The molecule has 0 aliphatic rings. The fraction of sp³-hybridized carbons (Fsp3) is 0.125. The Kier molecular flexibility index (Phi) is 6.26. The number of rotatable bonds is 5. The van der Waals surface area contributed by atoms with Crippen LogP contribution in [0.25, 0.3) is 0 Å². The molecule has 2 aromatic carbocycles. The van der Waals surface area contributed by atoms with Gasteiger partial charge in [-0.2, -0.15) is 0 Å². The monoisotopic (exact) mass is 379 g/mol. The zero-order valence-corrected chi connectivity index (χ0v) is 14.4. The number of halogens is 1. The van der Waals surface area contributed by atoms with Crippen molar-refractivity contribution in [3.05, 3.63) is 63.2 Å². The summed E-state index contributed by atoms with van der Waals surface area (Å²) in [6, 6.07) is 10.7. The van der Waals surface area contributed by atoms with Gasteiger partial charge >= 0.3 is 0 Å². The quantitative estimate of drug-likeness (QED) is 0.318. The Bertz CT molecular complexity index is 829. The van der Waals surface area contributed by atoms with E-state index in [0.717, 1.165) is 11.6 Å². The number of aryl methyl sites for hydroxylation is 1. The van der Waals surface area contributed by atoms with E-state index >= 15 is 0 Å². The van der Waals surface area contributed by atoms with E-state index in [0.29, 0.717) is 11.4 Å². The maximum Gasteiger partial charge on any atom is 0.273 e. The highest BCUT2D eigenvalue weighted by Crippen LogP contribution is 2.27. The lowest BCUT2D eigenvalue weighted by molar-refractivity contribution is -0.384. The minimum Gasteiger partial charge on any atom is -0.506 e. The Morgan fingerprint density at radius 1 is 1.28 bits per heavy atom. The highest BCUT2D eigenvalue weighted by atomic mass is 35.5. The molecule has 0 aromatic heterocycles. The van der Waals surface area contributed by atoms with E-state index in [-0.39, 0.29) is 34.6 Å². The lowest BCUT2D eigenvalue weighted by Crippen LogP contribution is -2.34. The molecule has 0 aliphatic heterocycles. The van der Waals surface area contributed by atoms with Gasteiger partial charge in [-0.25, -0.2) is 0 Å². The number of amides is 1. The molecule has 0 saturated heterocycles. The second kappa shape index (κ2) is 8.41. The van der Waals surface area contributed by atoms with Crippen LogP contribution in [0, 0.1) is 10.1 Å². The average Bonchev–Trinajstić information content (AvgIpc) is 2.55. The summed E-state index contributed by atoms with van der Waals surface area (Å²) in [5, 5.41) is 26.0. The molecule has 3 N–H and O–H groups in total. The van der Waals surface area contributed by atoms with E-state index in [4.69, 9.17) is 23.8 Å². The molecular formula is C16H14ClN3O4S. The number of non-ortho nitro benzene ring substituents is 1. The largest absolute Gasteiger partial charge is 0.506 e. The molecule has 0 fully saturated rings. The molecule has 2 aromatic rings. The van der Waals surface area contributed by atoms with Gasteiger partial charge in [-0.1, -0.05) is 29.8 Å². The fourth-order valence-corrected chi connectivity index (χ4v) is 2.49. The third kappa shape index (κ3) is 5.40. The molecule has 25 heavy (non-hydrogen) atoms. The Labute approximate surface area is 153 Å². The summed E-state index contributed by atoms with van der Waals surface area (Å²) in [4.78, 5) is 21.9. The zero-order chi connectivity index (χ0) is 18.4. The Hall–Kier alpha value is -2.71. The van der Waals surface area contributed by atoms with Gasteiger partial charge in [0.05, 0.1) is 16.7 Å². The highest BCUT2D eigenvalue weighted by Gasteiger charge is 2.12. The SMILES string of the molecule is O=C(CCc1ccccc1Cl)NC(=S)Nc1ccc([N+](=O)[O-])cc1O. The Morgan fingerprint density at radius 3 is 2.64 bits per heavy atom. The van der Waals surface area contributed by atoms with Gasteiger partial charge in [-0.3, -0.25) is 14.9 Å². The van der Waals surface area contributed by atoms with Gasteiger partial charge in [0.1, 0.15) is 5.75 Å². The van der Waals surface area contributed by atoms with Crippen molar-refractivity contribution in [1.29, 1.82) is 0 Å². The van der Waals surface area contributed by atoms with Crippen LogP contribution in [-0.2, 0) is 11.2 Å². The number of phenolic OH excluding ortho intramolecular Hbond substituents is 1. The number of phenols is 1. The molecule has 130 valence electrons.